The van der Waals surface area contributed by atoms with Gasteiger partial charge in [-0.2, -0.15) is 0 Å². The van der Waals surface area contributed by atoms with Crippen molar-refractivity contribution >= 4 is 23.2 Å². The average molecular weight is 365 g/mol. The second-order valence-electron chi connectivity index (χ2n) is 7.25. The van der Waals surface area contributed by atoms with Crippen molar-refractivity contribution in [2.45, 2.75) is 39.2 Å². The Morgan fingerprint density at radius 1 is 0.815 bits per heavy atom. The molecule has 2 amide bonds. The molecule has 1 aliphatic heterocycles. The monoisotopic (exact) mass is 365 g/mol. The lowest BCUT2D eigenvalue weighted by atomic mass is 10.1. The predicted molar refractivity (Wildman–Crippen MR) is 110 cm³/mol. The van der Waals surface area contributed by atoms with Crippen LogP contribution in [-0.4, -0.2) is 30.9 Å². The average Bonchev–Trinajstić information content (AvgIpc) is 2.69. The van der Waals surface area contributed by atoms with Gasteiger partial charge in [0.2, 0.25) is 0 Å². The largest absolute Gasteiger partial charge is 0.372 e. The highest BCUT2D eigenvalue weighted by Gasteiger charge is 2.12. The van der Waals surface area contributed by atoms with E-state index < -0.39 is 0 Å². The highest BCUT2D eigenvalue weighted by atomic mass is 16.2. The normalized spacial score (nSPS) is 14.1. The molecule has 2 aromatic carbocycles. The first kappa shape index (κ1) is 19.0. The molecule has 2 aromatic rings. The van der Waals surface area contributed by atoms with E-state index in [2.05, 4.69) is 27.7 Å². The molecule has 0 aromatic heterocycles. The summed E-state index contributed by atoms with van der Waals surface area (Å²) in [5, 5.41) is 5.75. The van der Waals surface area contributed by atoms with Crippen LogP contribution in [0.3, 0.4) is 0 Å². The minimum absolute atomic E-state index is 0.0772. The van der Waals surface area contributed by atoms with E-state index >= 15 is 0 Å². The van der Waals surface area contributed by atoms with Crippen molar-refractivity contribution in [3.05, 3.63) is 59.7 Å². The second-order valence-corrected chi connectivity index (χ2v) is 7.25. The lowest BCUT2D eigenvalue weighted by molar-refractivity contribution is 0.0941. The number of anilines is 2. The van der Waals surface area contributed by atoms with Gasteiger partial charge < -0.3 is 15.5 Å². The van der Waals surface area contributed by atoms with Gasteiger partial charge in [-0.3, -0.25) is 9.59 Å². The maximum Gasteiger partial charge on any atom is 0.255 e. The zero-order chi connectivity index (χ0) is 19.2. The van der Waals surface area contributed by atoms with E-state index in [9.17, 15) is 9.59 Å². The number of hydrogen-bond acceptors (Lipinski definition) is 3. The van der Waals surface area contributed by atoms with Crippen LogP contribution in [0.2, 0.25) is 0 Å². The molecule has 1 saturated heterocycles. The van der Waals surface area contributed by atoms with Crippen molar-refractivity contribution in [3.8, 4) is 0 Å². The van der Waals surface area contributed by atoms with Crippen LogP contribution < -0.4 is 15.5 Å². The van der Waals surface area contributed by atoms with Gasteiger partial charge >= 0.3 is 0 Å². The summed E-state index contributed by atoms with van der Waals surface area (Å²) in [6.45, 7) is 6.03. The van der Waals surface area contributed by atoms with Crippen molar-refractivity contribution in [2.24, 2.45) is 0 Å². The number of nitrogens with zero attached hydrogens (tertiary/aromatic N) is 1. The molecule has 0 aliphatic carbocycles. The van der Waals surface area contributed by atoms with Gasteiger partial charge in [-0.05, 0) is 81.6 Å². The van der Waals surface area contributed by atoms with Crippen LogP contribution in [0, 0.1) is 0 Å². The minimum atomic E-state index is -0.184. The van der Waals surface area contributed by atoms with Crippen molar-refractivity contribution < 1.29 is 9.59 Å². The van der Waals surface area contributed by atoms with Gasteiger partial charge in [0, 0.05) is 41.6 Å². The van der Waals surface area contributed by atoms with E-state index in [1.165, 1.54) is 24.9 Å². The van der Waals surface area contributed by atoms with Crippen molar-refractivity contribution in [3.63, 3.8) is 0 Å². The maximum atomic E-state index is 12.4. The van der Waals surface area contributed by atoms with E-state index in [-0.39, 0.29) is 17.9 Å². The fraction of sp³-hybridized carbons (Fsp3) is 0.364. The summed E-state index contributed by atoms with van der Waals surface area (Å²) in [5.41, 5.74) is 3.04. The highest BCUT2D eigenvalue weighted by molar-refractivity contribution is 6.05. The minimum Gasteiger partial charge on any atom is -0.372 e. The first-order chi connectivity index (χ1) is 13.0. The molecule has 5 nitrogen and oxygen atoms in total. The number of piperidine rings is 1. The number of rotatable bonds is 5. The summed E-state index contributed by atoms with van der Waals surface area (Å²) in [4.78, 5) is 26.8. The second kappa shape index (κ2) is 8.71. The Hall–Kier alpha value is -2.82. The van der Waals surface area contributed by atoms with Crippen LogP contribution in [0.5, 0.6) is 0 Å². The van der Waals surface area contributed by atoms with Gasteiger partial charge in [0.1, 0.15) is 0 Å². The molecule has 1 fully saturated rings. The molecule has 0 bridgehead atoms. The van der Waals surface area contributed by atoms with Crippen LogP contribution in [0.25, 0.3) is 0 Å². The third-order valence-electron chi connectivity index (χ3n) is 4.68. The van der Waals surface area contributed by atoms with E-state index in [0.29, 0.717) is 11.1 Å². The fourth-order valence-electron chi connectivity index (χ4n) is 3.23. The molecule has 0 saturated carbocycles. The Bertz CT molecular complexity index is 776. The number of benzene rings is 2. The van der Waals surface area contributed by atoms with Gasteiger partial charge in [-0.25, -0.2) is 0 Å². The Labute approximate surface area is 160 Å². The maximum absolute atomic E-state index is 12.4. The van der Waals surface area contributed by atoms with E-state index in [1.807, 2.05) is 26.0 Å². The quantitative estimate of drug-likeness (QED) is 0.840. The summed E-state index contributed by atoms with van der Waals surface area (Å²) in [6, 6.07) is 14.8. The fourth-order valence-corrected chi connectivity index (χ4v) is 3.23. The van der Waals surface area contributed by atoms with Crippen molar-refractivity contribution in [1.29, 1.82) is 0 Å². The lowest BCUT2D eigenvalue weighted by Gasteiger charge is -2.28. The summed E-state index contributed by atoms with van der Waals surface area (Å²) < 4.78 is 0. The van der Waals surface area contributed by atoms with Crippen molar-refractivity contribution in [1.82, 2.24) is 5.32 Å². The third kappa shape index (κ3) is 5.09. The first-order valence-electron chi connectivity index (χ1n) is 9.60. The molecule has 0 radical (unpaired) electrons. The Morgan fingerprint density at radius 3 is 1.93 bits per heavy atom. The molecule has 27 heavy (non-hydrogen) atoms. The molecule has 0 unspecified atom stereocenters. The SMILES string of the molecule is CC(C)NC(=O)c1ccc(C(=O)Nc2ccc(N3CCCCC3)cc2)cc1. The molecule has 142 valence electrons. The summed E-state index contributed by atoms with van der Waals surface area (Å²) >= 11 is 0. The van der Waals surface area contributed by atoms with Gasteiger partial charge in [0.05, 0.1) is 0 Å². The lowest BCUT2D eigenvalue weighted by Crippen LogP contribution is -2.30. The summed E-state index contributed by atoms with van der Waals surface area (Å²) in [5.74, 6) is -0.318. The zero-order valence-electron chi connectivity index (χ0n) is 16.0. The van der Waals surface area contributed by atoms with Crippen LogP contribution in [0.4, 0.5) is 11.4 Å². The molecule has 0 atom stereocenters. The smallest absolute Gasteiger partial charge is 0.255 e. The predicted octanol–water partition coefficient (Wildman–Crippen LogP) is 4.07. The van der Waals surface area contributed by atoms with Gasteiger partial charge in [0.15, 0.2) is 0 Å². The molecule has 1 heterocycles. The summed E-state index contributed by atoms with van der Waals surface area (Å²) in [7, 11) is 0. The Balaban J connectivity index is 1.60. The Kier molecular flexibility index (Phi) is 6.12. The van der Waals surface area contributed by atoms with Gasteiger partial charge in [-0.1, -0.05) is 0 Å². The first-order valence-corrected chi connectivity index (χ1v) is 9.60. The number of nitrogens with one attached hydrogen (secondary N) is 2. The van der Waals surface area contributed by atoms with Crippen LogP contribution in [0.15, 0.2) is 48.5 Å². The molecule has 3 rings (SSSR count). The number of amides is 2. The van der Waals surface area contributed by atoms with E-state index in [0.717, 1.165) is 18.8 Å². The zero-order valence-corrected chi connectivity index (χ0v) is 16.0. The van der Waals surface area contributed by atoms with E-state index in [4.69, 9.17) is 0 Å². The standard InChI is InChI=1S/C22H27N3O2/c1-16(2)23-21(26)17-6-8-18(9-7-17)22(27)24-19-10-12-20(13-11-19)25-14-4-3-5-15-25/h6-13,16H,3-5,14-15H2,1-2H3,(H,23,26)(H,24,27). The van der Waals surface area contributed by atoms with Crippen molar-refractivity contribution in [2.75, 3.05) is 23.3 Å². The Morgan fingerprint density at radius 2 is 1.37 bits per heavy atom. The molecular weight excluding hydrogens is 338 g/mol. The molecule has 0 spiro atoms. The van der Waals surface area contributed by atoms with Crippen LogP contribution in [-0.2, 0) is 0 Å². The van der Waals surface area contributed by atoms with Gasteiger partial charge in [-0.15, -0.1) is 0 Å². The molecule has 1 aliphatic rings. The topological polar surface area (TPSA) is 61.4 Å². The van der Waals surface area contributed by atoms with Crippen LogP contribution >= 0.6 is 0 Å². The molecule has 5 heteroatoms. The third-order valence-corrected chi connectivity index (χ3v) is 4.68. The number of carbonyl (C=O) groups is 2. The number of carbonyl (C=O) groups excluding carboxylic acids is 2. The number of hydrogen-bond donors (Lipinski definition) is 2. The van der Waals surface area contributed by atoms with Crippen LogP contribution in [0.1, 0.15) is 53.8 Å². The molecule has 2 N–H and O–H groups in total. The molecular formula is C22H27N3O2. The highest BCUT2D eigenvalue weighted by Crippen LogP contribution is 2.22. The van der Waals surface area contributed by atoms with E-state index in [1.54, 1.807) is 24.3 Å². The summed E-state index contributed by atoms with van der Waals surface area (Å²) in [6.07, 6.45) is 3.79. The van der Waals surface area contributed by atoms with Gasteiger partial charge in [0.25, 0.3) is 11.8 Å².